The average Bonchev–Trinajstić information content (AvgIpc) is 2.58. The Balaban J connectivity index is 0.00000264. The molecule has 0 radical (unpaired) electrons. The topological polar surface area (TPSA) is 98.5 Å². The monoisotopic (exact) mass is 460 g/mol. The summed E-state index contributed by atoms with van der Waals surface area (Å²) in [6.45, 7) is 2.72. The van der Waals surface area contributed by atoms with Gasteiger partial charge in [0.2, 0.25) is 0 Å². The Bertz CT molecular complexity index is 539. The maximum atomic E-state index is 5.47. The summed E-state index contributed by atoms with van der Waals surface area (Å²) in [6.07, 6.45) is 0. The van der Waals surface area contributed by atoms with Gasteiger partial charge in [-0.05, 0) is 48.5 Å². The van der Waals surface area contributed by atoms with E-state index < -0.39 is 0 Å². The van der Waals surface area contributed by atoms with Crippen LogP contribution >= 0.6 is 0 Å². The van der Waals surface area contributed by atoms with E-state index in [1.165, 1.54) is 0 Å². The first-order valence-electron chi connectivity index (χ1n) is 7.28. The lowest BCUT2D eigenvalue weighted by molar-refractivity contribution is -0.371. The van der Waals surface area contributed by atoms with Gasteiger partial charge < -0.3 is 54.9 Å². The molecule has 0 atom stereocenters. The number of hydrogen-bond acceptors (Lipinski definition) is 4. The van der Waals surface area contributed by atoms with Crippen LogP contribution in [0.15, 0.2) is 58.8 Å². The molecule has 0 spiro atoms. The summed E-state index contributed by atoms with van der Waals surface area (Å²) in [5.74, 6) is 1.63. The Morgan fingerprint density at radius 1 is 0.625 bits per heavy atom. The van der Waals surface area contributed by atoms with E-state index >= 15 is 0 Å². The third-order valence-electron chi connectivity index (χ3n) is 2.78. The predicted octanol–water partition coefficient (Wildman–Crippen LogP) is -4.65. The van der Waals surface area contributed by atoms with Crippen LogP contribution in [-0.2, 0) is 0 Å². The van der Waals surface area contributed by atoms with E-state index in [1.807, 2.05) is 48.5 Å². The van der Waals surface area contributed by atoms with E-state index in [-0.39, 0.29) is 34.0 Å². The number of azo groups is 1. The van der Waals surface area contributed by atoms with Crippen LogP contribution in [0.25, 0.3) is 0 Å². The van der Waals surface area contributed by atoms with Crippen LogP contribution in [0.2, 0.25) is 0 Å². The van der Waals surface area contributed by atoms with Gasteiger partial charge in [-0.2, -0.15) is 10.2 Å². The fraction of sp³-hybridized carbons (Fsp3) is 0.250. The third-order valence-corrected chi connectivity index (χ3v) is 2.78. The lowest BCUT2D eigenvalue weighted by Gasteiger charge is -2.03. The number of benzene rings is 2. The molecule has 2 aromatic carbocycles. The van der Waals surface area contributed by atoms with Crippen LogP contribution in [0.1, 0.15) is 0 Å². The smallest absolute Gasteiger partial charge is 0.137 e. The Labute approximate surface area is 162 Å². The van der Waals surface area contributed by atoms with E-state index in [2.05, 4.69) is 21.7 Å². The molecule has 0 fully saturated rings. The van der Waals surface area contributed by atoms with Gasteiger partial charge in [-0.15, -0.1) is 0 Å². The summed E-state index contributed by atoms with van der Waals surface area (Å²) in [5, 5.41) is 8.39. The molecule has 0 aliphatic rings. The second-order valence-electron chi connectivity index (χ2n) is 4.59. The Morgan fingerprint density at radius 3 is 1.25 bits per heavy atom. The molecule has 0 aliphatic heterocycles. The molecule has 0 amide bonds. The highest BCUT2D eigenvalue weighted by Crippen LogP contribution is 2.22. The van der Waals surface area contributed by atoms with Gasteiger partial charge in [0.1, 0.15) is 37.8 Å². The molecule has 24 heavy (non-hydrogen) atoms. The lowest BCUT2D eigenvalue weighted by atomic mass is 10.3. The van der Waals surface area contributed by atoms with Gasteiger partial charge in [0.25, 0.3) is 0 Å². The first-order valence-corrected chi connectivity index (χ1v) is 7.28. The maximum Gasteiger partial charge on any atom is 0.137 e. The Morgan fingerprint density at radius 2 is 0.958 bits per heavy atom. The standard InChI is InChI=1S/C16H20N4O2.2BrH/c17-9-11-21-15-5-1-13(2-6-15)19-20-14-3-7-16(8-4-14)22-12-10-18;;/h1-8H,9-12,17-18H2;2*1H. The zero-order valence-electron chi connectivity index (χ0n) is 13.3. The zero-order valence-corrected chi connectivity index (χ0v) is 16.5. The van der Waals surface area contributed by atoms with Crippen molar-refractivity contribution in [3.63, 3.8) is 0 Å². The summed E-state index contributed by atoms with van der Waals surface area (Å²) < 4.78 is 10.9. The van der Waals surface area contributed by atoms with E-state index in [0.717, 1.165) is 36.0 Å². The van der Waals surface area contributed by atoms with Crippen LogP contribution in [-0.4, -0.2) is 26.3 Å². The number of quaternary nitrogens is 2. The van der Waals surface area contributed by atoms with Crippen molar-refractivity contribution in [2.45, 2.75) is 0 Å². The predicted molar refractivity (Wildman–Crippen MR) is 83.6 cm³/mol. The van der Waals surface area contributed by atoms with Crippen molar-refractivity contribution in [2.75, 3.05) is 26.3 Å². The highest BCUT2D eigenvalue weighted by atomic mass is 79.9. The van der Waals surface area contributed by atoms with Gasteiger partial charge in [0.15, 0.2) is 0 Å². The summed E-state index contributed by atoms with van der Waals surface area (Å²) in [5.41, 5.74) is 9.02. The second-order valence-corrected chi connectivity index (χ2v) is 4.59. The van der Waals surface area contributed by atoms with Crippen LogP contribution < -0.4 is 54.9 Å². The van der Waals surface area contributed by atoms with Crippen molar-refractivity contribution in [3.05, 3.63) is 48.5 Å². The molecule has 2 rings (SSSR count). The first kappa shape index (κ1) is 22.5. The quantitative estimate of drug-likeness (QED) is 0.386. The van der Waals surface area contributed by atoms with Crippen molar-refractivity contribution in [1.82, 2.24) is 0 Å². The normalized spacial score (nSPS) is 9.92. The van der Waals surface area contributed by atoms with Crippen molar-refractivity contribution in [1.29, 1.82) is 0 Å². The molecule has 0 aliphatic carbocycles. The Hall–Kier alpha value is -1.48. The summed E-state index contributed by atoms with van der Waals surface area (Å²) in [7, 11) is 0. The summed E-state index contributed by atoms with van der Waals surface area (Å²) in [4.78, 5) is 0. The number of rotatable bonds is 8. The van der Waals surface area contributed by atoms with Crippen molar-refractivity contribution >= 4 is 11.4 Å². The molecular formula is C16H22Br2N4O2. The van der Waals surface area contributed by atoms with Crippen LogP contribution in [0.5, 0.6) is 11.5 Å². The molecule has 0 unspecified atom stereocenters. The largest absolute Gasteiger partial charge is 1.00 e. The minimum absolute atomic E-state index is 0. The number of nitrogens with zero attached hydrogens (tertiary/aromatic N) is 2. The molecule has 8 heteroatoms. The molecule has 0 bridgehead atoms. The minimum atomic E-state index is 0. The van der Waals surface area contributed by atoms with E-state index in [4.69, 9.17) is 9.47 Å². The molecule has 6 N–H and O–H groups in total. The zero-order chi connectivity index (χ0) is 15.6. The van der Waals surface area contributed by atoms with Gasteiger partial charge >= 0.3 is 0 Å². The maximum absolute atomic E-state index is 5.47. The highest BCUT2D eigenvalue weighted by Gasteiger charge is 1.96. The number of hydrogen-bond donors (Lipinski definition) is 2. The van der Waals surface area contributed by atoms with Gasteiger partial charge in [0.05, 0.1) is 11.4 Å². The fourth-order valence-corrected chi connectivity index (χ4v) is 1.71. The van der Waals surface area contributed by atoms with Crippen molar-refractivity contribution < 1.29 is 54.9 Å². The minimum Gasteiger partial charge on any atom is -1.00 e. The molecule has 0 heterocycles. The van der Waals surface area contributed by atoms with E-state index in [1.54, 1.807) is 0 Å². The van der Waals surface area contributed by atoms with Gasteiger partial charge in [-0.3, -0.25) is 0 Å². The second kappa shape index (κ2) is 12.9. The molecule has 6 nitrogen and oxygen atoms in total. The third kappa shape index (κ3) is 7.87. The van der Waals surface area contributed by atoms with Crippen LogP contribution in [0.4, 0.5) is 11.4 Å². The molecule has 0 aromatic heterocycles. The molecule has 2 aromatic rings. The van der Waals surface area contributed by atoms with Crippen molar-refractivity contribution in [2.24, 2.45) is 10.2 Å². The van der Waals surface area contributed by atoms with E-state index in [9.17, 15) is 0 Å². The first-order chi connectivity index (χ1) is 10.8. The van der Waals surface area contributed by atoms with Gasteiger partial charge in [-0.25, -0.2) is 0 Å². The summed E-state index contributed by atoms with van der Waals surface area (Å²) >= 11 is 0. The highest BCUT2D eigenvalue weighted by molar-refractivity contribution is 5.44. The number of ether oxygens (including phenoxy) is 2. The molecule has 0 saturated carbocycles. The fourth-order valence-electron chi connectivity index (χ4n) is 1.71. The molecule has 0 saturated heterocycles. The molecular weight excluding hydrogens is 440 g/mol. The summed E-state index contributed by atoms with van der Waals surface area (Å²) in [6, 6.07) is 15.0. The van der Waals surface area contributed by atoms with Crippen LogP contribution in [0, 0.1) is 0 Å². The van der Waals surface area contributed by atoms with Gasteiger partial charge in [-0.1, -0.05) is 0 Å². The van der Waals surface area contributed by atoms with Crippen molar-refractivity contribution in [3.8, 4) is 11.5 Å². The number of halogens is 2. The van der Waals surface area contributed by atoms with Gasteiger partial charge in [0, 0.05) is 0 Å². The van der Waals surface area contributed by atoms with Crippen LogP contribution in [0.3, 0.4) is 0 Å². The Kier molecular flexibility index (Phi) is 12.1. The lowest BCUT2D eigenvalue weighted by Crippen LogP contribution is -3.00. The SMILES string of the molecule is [Br-].[Br-].[NH3+]CCOc1ccc(N=Nc2ccc(OCC[NH3+])cc2)cc1. The van der Waals surface area contributed by atoms with E-state index in [0.29, 0.717) is 13.2 Å². The average molecular weight is 462 g/mol. The molecule has 132 valence electrons.